The topological polar surface area (TPSA) is 65.0 Å². The fraction of sp³-hybridized carbons (Fsp3) is 0.794. The molecule has 1 aromatic carbocycles. The fourth-order valence-corrected chi connectivity index (χ4v) is 9.70. The van der Waals surface area contributed by atoms with Gasteiger partial charge in [0.2, 0.25) is 0 Å². The molecule has 0 heterocycles. The number of rotatable bonds is 12. The van der Waals surface area contributed by atoms with Crippen molar-refractivity contribution in [2.75, 3.05) is 26.4 Å². The van der Waals surface area contributed by atoms with Crippen molar-refractivity contribution in [3.05, 3.63) is 35.9 Å². The van der Waals surface area contributed by atoms with Gasteiger partial charge in [-0.3, -0.25) is 4.79 Å². The van der Waals surface area contributed by atoms with Crippen LogP contribution in [-0.4, -0.2) is 43.6 Å². The summed E-state index contributed by atoms with van der Waals surface area (Å²) < 4.78 is 17.1. The average Bonchev–Trinajstić information content (AvgIpc) is 3.28. The monoisotopic (exact) mass is 540 g/mol. The molecular weight excluding hydrogens is 488 g/mol. The van der Waals surface area contributed by atoms with Gasteiger partial charge in [-0.1, -0.05) is 44.2 Å². The van der Waals surface area contributed by atoms with E-state index in [4.69, 9.17) is 19.3 Å². The van der Waals surface area contributed by atoms with Gasteiger partial charge in [0, 0.05) is 6.42 Å². The molecule has 5 nitrogen and oxygen atoms in total. The first kappa shape index (κ1) is 29.1. The Morgan fingerprint density at radius 1 is 0.923 bits per heavy atom. The number of aliphatic hydroxyl groups excluding tert-OH is 1. The number of carbonyl (C=O) groups excluding carboxylic acids is 1. The van der Waals surface area contributed by atoms with E-state index in [1.54, 1.807) is 0 Å². The zero-order valence-corrected chi connectivity index (χ0v) is 24.5. The smallest absolute Gasteiger partial charge is 0.306 e. The number of ether oxygens (including phenoxy) is 3. The van der Waals surface area contributed by atoms with Crippen LogP contribution in [0.3, 0.4) is 0 Å². The minimum Gasteiger partial charge on any atom is -0.461 e. The summed E-state index contributed by atoms with van der Waals surface area (Å²) in [6.45, 7) is 7.34. The second-order valence-electron chi connectivity index (χ2n) is 13.6. The largest absolute Gasteiger partial charge is 0.461 e. The standard InChI is InChI=1S/C34H52O5/c1-33-18-16-31-29(13-11-27-23-28(15-17-34(27,31)2)38-22-21-37-20-19-35)30(33)14-12-26(33)9-6-10-32(36)39-24-25-7-4-3-5-8-25/h3-5,7-8,26-31,35H,6,9-24H2,1-2H3. The molecule has 0 spiro atoms. The lowest BCUT2D eigenvalue weighted by molar-refractivity contribution is -0.145. The molecule has 0 aromatic heterocycles. The zero-order valence-electron chi connectivity index (χ0n) is 24.5. The molecule has 0 bridgehead atoms. The second-order valence-corrected chi connectivity index (χ2v) is 13.6. The molecule has 39 heavy (non-hydrogen) atoms. The Hall–Kier alpha value is -1.43. The van der Waals surface area contributed by atoms with Crippen LogP contribution in [-0.2, 0) is 25.6 Å². The minimum absolute atomic E-state index is 0.0502. The second kappa shape index (κ2) is 13.0. The first-order chi connectivity index (χ1) is 18.9. The van der Waals surface area contributed by atoms with Crippen molar-refractivity contribution in [3.63, 3.8) is 0 Å². The van der Waals surface area contributed by atoms with Crippen molar-refractivity contribution >= 4 is 5.97 Å². The Balaban J connectivity index is 1.09. The van der Waals surface area contributed by atoms with Crippen LogP contribution < -0.4 is 0 Å². The Labute approximate surface area is 236 Å². The molecule has 0 saturated heterocycles. The summed E-state index contributed by atoms with van der Waals surface area (Å²) in [6, 6.07) is 9.98. The first-order valence-electron chi connectivity index (χ1n) is 15.9. The van der Waals surface area contributed by atoms with Gasteiger partial charge in [0.05, 0.1) is 32.5 Å². The highest BCUT2D eigenvalue weighted by atomic mass is 16.5. The summed E-state index contributed by atoms with van der Waals surface area (Å²) in [5.41, 5.74) is 1.98. The number of esters is 1. The van der Waals surface area contributed by atoms with Crippen LogP contribution in [0.5, 0.6) is 0 Å². The molecule has 0 amide bonds. The quantitative estimate of drug-likeness (QED) is 0.229. The van der Waals surface area contributed by atoms with E-state index in [9.17, 15) is 4.79 Å². The highest BCUT2D eigenvalue weighted by Gasteiger charge is 2.59. The van der Waals surface area contributed by atoms with Gasteiger partial charge in [-0.15, -0.1) is 0 Å². The Morgan fingerprint density at radius 2 is 1.72 bits per heavy atom. The number of aliphatic hydroxyl groups is 1. The molecule has 5 rings (SSSR count). The van der Waals surface area contributed by atoms with Gasteiger partial charge in [-0.25, -0.2) is 0 Å². The van der Waals surface area contributed by atoms with Crippen LogP contribution in [0.25, 0.3) is 0 Å². The lowest BCUT2D eigenvalue weighted by Crippen LogP contribution is -2.54. The van der Waals surface area contributed by atoms with E-state index in [1.807, 2.05) is 30.3 Å². The summed E-state index contributed by atoms with van der Waals surface area (Å²) in [4.78, 5) is 12.4. The Morgan fingerprint density at radius 3 is 2.54 bits per heavy atom. The maximum absolute atomic E-state index is 12.4. The summed E-state index contributed by atoms with van der Waals surface area (Å²) in [5, 5.41) is 8.88. The van der Waals surface area contributed by atoms with E-state index in [1.165, 1.54) is 64.2 Å². The van der Waals surface area contributed by atoms with E-state index in [0.29, 0.717) is 49.8 Å². The van der Waals surface area contributed by atoms with Gasteiger partial charge < -0.3 is 19.3 Å². The fourth-order valence-electron chi connectivity index (χ4n) is 9.70. The van der Waals surface area contributed by atoms with Gasteiger partial charge in [0.15, 0.2) is 0 Å². The van der Waals surface area contributed by atoms with E-state index in [2.05, 4.69) is 13.8 Å². The van der Waals surface area contributed by atoms with Crippen LogP contribution >= 0.6 is 0 Å². The van der Waals surface area contributed by atoms with Gasteiger partial charge in [0.25, 0.3) is 0 Å². The van der Waals surface area contributed by atoms with Crippen LogP contribution in [0.2, 0.25) is 0 Å². The van der Waals surface area contributed by atoms with Crippen LogP contribution in [0, 0.1) is 40.4 Å². The highest BCUT2D eigenvalue weighted by molar-refractivity contribution is 5.69. The highest BCUT2D eigenvalue weighted by Crippen LogP contribution is 2.68. The van der Waals surface area contributed by atoms with E-state index >= 15 is 0 Å². The molecule has 1 N–H and O–H groups in total. The van der Waals surface area contributed by atoms with Crippen molar-refractivity contribution in [2.45, 2.75) is 104 Å². The normalized spacial score (nSPS) is 37.5. The van der Waals surface area contributed by atoms with Crippen molar-refractivity contribution < 1.29 is 24.1 Å². The first-order valence-corrected chi connectivity index (χ1v) is 15.9. The van der Waals surface area contributed by atoms with E-state index < -0.39 is 0 Å². The molecule has 0 aliphatic heterocycles. The SMILES string of the molecule is CC12CCC3C(CCC4CC(OCCOCCO)CCC43C)C1CCC2CCCC(=O)OCc1ccccc1. The van der Waals surface area contributed by atoms with Crippen molar-refractivity contribution in [1.82, 2.24) is 0 Å². The predicted molar refractivity (Wildman–Crippen MR) is 153 cm³/mol. The van der Waals surface area contributed by atoms with Gasteiger partial charge in [0.1, 0.15) is 6.61 Å². The zero-order chi connectivity index (χ0) is 27.3. The molecule has 5 heteroatoms. The van der Waals surface area contributed by atoms with Crippen molar-refractivity contribution in [3.8, 4) is 0 Å². The average molecular weight is 541 g/mol. The third-order valence-electron chi connectivity index (χ3n) is 11.8. The number of benzene rings is 1. The third-order valence-corrected chi connectivity index (χ3v) is 11.8. The molecule has 4 aliphatic rings. The molecule has 218 valence electrons. The molecule has 4 saturated carbocycles. The summed E-state index contributed by atoms with van der Waals surface area (Å²) in [5.74, 6) is 4.12. The molecule has 1 aromatic rings. The van der Waals surface area contributed by atoms with Crippen LogP contribution in [0.1, 0.15) is 96.5 Å². The van der Waals surface area contributed by atoms with E-state index in [0.717, 1.165) is 41.6 Å². The number of carbonyl (C=O) groups is 1. The summed E-state index contributed by atoms with van der Waals surface area (Å²) in [7, 11) is 0. The predicted octanol–water partition coefficient (Wildman–Crippen LogP) is 6.95. The lowest BCUT2D eigenvalue weighted by atomic mass is 9.44. The maximum Gasteiger partial charge on any atom is 0.306 e. The molecule has 8 unspecified atom stereocenters. The van der Waals surface area contributed by atoms with Crippen molar-refractivity contribution in [1.29, 1.82) is 0 Å². The molecule has 4 fully saturated rings. The van der Waals surface area contributed by atoms with Gasteiger partial charge in [-0.05, 0) is 117 Å². The third kappa shape index (κ3) is 6.41. The molecule has 0 radical (unpaired) electrons. The molecule has 8 atom stereocenters. The van der Waals surface area contributed by atoms with E-state index in [-0.39, 0.29) is 12.6 Å². The summed E-state index contributed by atoms with van der Waals surface area (Å²) in [6.07, 6.45) is 15.0. The maximum atomic E-state index is 12.4. The number of hydrogen-bond donors (Lipinski definition) is 1. The molecule has 4 aliphatic carbocycles. The Kier molecular flexibility index (Phi) is 9.72. The van der Waals surface area contributed by atoms with Gasteiger partial charge in [-0.2, -0.15) is 0 Å². The minimum atomic E-state index is -0.0502. The summed E-state index contributed by atoms with van der Waals surface area (Å²) >= 11 is 0. The van der Waals surface area contributed by atoms with Crippen LogP contribution in [0.4, 0.5) is 0 Å². The van der Waals surface area contributed by atoms with Crippen molar-refractivity contribution in [2.24, 2.45) is 40.4 Å². The lowest BCUT2D eigenvalue weighted by Gasteiger charge is -2.61. The Bertz CT molecular complexity index is 919. The van der Waals surface area contributed by atoms with Gasteiger partial charge >= 0.3 is 5.97 Å². The van der Waals surface area contributed by atoms with Crippen LogP contribution in [0.15, 0.2) is 30.3 Å². The molecular formula is C34H52O5. The number of fused-ring (bicyclic) bond motifs is 5. The number of hydrogen-bond acceptors (Lipinski definition) is 5.